The Morgan fingerprint density at radius 2 is 1.95 bits per heavy atom. The minimum atomic E-state index is 0.246. The Bertz CT molecular complexity index is 419. The molecule has 1 aliphatic rings. The van der Waals surface area contributed by atoms with Crippen molar-refractivity contribution in [3.63, 3.8) is 0 Å². The van der Waals surface area contributed by atoms with Crippen molar-refractivity contribution >= 4 is 0 Å². The molecule has 0 bridgehead atoms. The molecule has 106 valence electrons. The molecule has 0 aromatic heterocycles. The molecule has 3 atom stereocenters. The van der Waals surface area contributed by atoms with Crippen LogP contribution >= 0.6 is 0 Å². The molecule has 2 N–H and O–H groups in total. The summed E-state index contributed by atoms with van der Waals surface area (Å²) >= 11 is 0. The van der Waals surface area contributed by atoms with Gasteiger partial charge in [-0.25, -0.2) is 0 Å². The maximum atomic E-state index is 6.39. The van der Waals surface area contributed by atoms with Crippen LogP contribution in [0.5, 0.6) is 11.5 Å². The summed E-state index contributed by atoms with van der Waals surface area (Å²) in [6.07, 6.45) is 4.83. The summed E-state index contributed by atoms with van der Waals surface area (Å²) in [4.78, 5) is 0. The molecular formula is C16H25NO2. The first-order chi connectivity index (χ1) is 9.15. The lowest BCUT2D eigenvalue weighted by Crippen LogP contribution is -2.33. The van der Waals surface area contributed by atoms with Crippen LogP contribution in [0.2, 0.25) is 0 Å². The third-order valence-electron chi connectivity index (χ3n) is 4.40. The van der Waals surface area contributed by atoms with Crippen molar-refractivity contribution in [1.82, 2.24) is 0 Å². The van der Waals surface area contributed by atoms with Gasteiger partial charge in [0.1, 0.15) is 0 Å². The third-order valence-corrected chi connectivity index (χ3v) is 4.40. The molecule has 3 unspecified atom stereocenters. The van der Waals surface area contributed by atoms with Gasteiger partial charge in [-0.1, -0.05) is 25.8 Å². The minimum Gasteiger partial charge on any atom is -0.493 e. The number of benzene rings is 1. The monoisotopic (exact) mass is 263 g/mol. The minimum absolute atomic E-state index is 0.246. The summed E-state index contributed by atoms with van der Waals surface area (Å²) in [6, 6.07) is 6.33. The molecular weight excluding hydrogens is 238 g/mol. The van der Waals surface area contributed by atoms with Crippen molar-refractivity contribution < 1.29 is 9.47 Å². The molecule has 1 aliphatic carbocycles. The topological polar surface area (TPSA) is 44.5 Å². The van der Waals surface area contributed by atoms with Gasteiger partial charge in [-0.05, 0) is 42.4 Å². The molecule has 1 fully saturated rings. The summed E-state index contributed by atoms with van der Waals surface area (Å²) in [7, 11) is 3.32. The molecule has 0 spiro atoms. The highest BCUT2D eigenvalue weighted by molar-refractivity contribution is 5.43. The van der Waals surface area contributed by atoms with E-state index in [1.54, 1.807) is 14.2 Å². The highest BCUT2D eigenvalue weighted by Crippen LogP contribution is 2.35. The maximum absolute atomic E-state index is 6.39. The molecule has 1 aromatic carbocycles. The van der Waals surface area contributed by atoms with E-state index in [0.29, 0.717) is 5.92 Å². The van der Waals surface area contributed by atoms with Gasteiger partial charge in [-0.15, -0.1) is 0 Å². The molecule has 2 rings (SSSR count). The largest absolute Gasteiger partial charge is 0.493 e. The van der Waals surface area contributed by atoms with E-state index in [2.05, 4.69) is 13.0 Å². The number of rotatable bonds is 5. The SMILES string of the molecule is COc1ccc(CC(N)C2CCCC2C)cc1OC. The lowest BCUT2D eigenvalue weighted by Gasteiger charge is -2.23. The molecule has 0 radical (unpaired) electrons. The Kier molecular flexibility index (Phi) is 4.70. The van der Waals surface area contributed by atoms with Gasteiger partial charge in [-0.2, -0.15) is 0 Å². The molecule has 0 heterocycles. The van der Waals surface area contributed by atoms with Crippen LogP contribution in [0.1, 0.15) is 31.7 Å². The Morgan fingerprint density at radius 3 is 2.53 bits per heavy atom. The number of methoxy groups -OCH3 is 2. The van der Waals surface area contributed by atoms with Gasteiger partial charge in [-0.3, -0.25) is 0 Å². The second-order valence-electron chi connectivity index (χ2n) is 5.63. The van der Waals surface area contributed by atoms with E-state index in [1.807, 2.05) is 12.1 Å². The zero-order chi connectivity index (χ0) is 13.8. The van der Waals surface area contributed by atoms with Crippen molar-refractivity contribution in [2.75, 3.05) is 14.2 Å². The van der Waals surface area contributed by atoms with Gasteiger partial charge in [0.25, 0.3) is 0 Å². The normalized spacial score (nSPS) is 24.2. The second-order valence-corrected chi connectivity index (χ2v) is 5.63. The lowest BCUT2D eigenvalue weighted by atomic mass is 9.87. The Balaban J connectivity index is 2.06. The fourth-order valence-corrected chi connectivity index (χ4v) is 3.24. The van der Waals surface area contributed by atoms with Crippen LogP contribution in [0.3, 0.4) is 0 Å². The number of hydrogen-bond acceptors (Lipinski definition) is 3. The molecule has 1 aromatic rings. The quantitative estimate of drug-likeness (QED) is 0.888. The fraction of sp³-hybridized carbons (Fsp3) is 0.625. The van der Waals surface area contributed by atoms with E-state index in [4.69, 9.17) is 15.2 Å². The first kappa shape index (κ1) is 14.2. The van der Waals surface area contributed by atoms with Crippen LogP contribution in [0, 0.1) is 11.8 Å². The molecule has 19 heavy (non-hydrogen) atoms. The molecule has 1 saturated carbocycles. The van der Waals surface area contributed by atoms with E-state index < -0.39 is 0 Å². The molecule has 0 saturated heterocycles. The summed E-state index contributed by atoms with van der Waals surface area (Å²) in [5.74, 6) is 2.98. The van der Waals surface area contributed by atoms with E-state index in [0.717, 1.165) is 23.8 Å². The van der Waals surface area contributed by atoms with Crippen LogP contribution in [0.15, 0.2) is 18.2 Å². The second kappa shape index (κ2) is 6.29. The van der Waals surface area contributed by atoms with Crippen molar-refractivity contribution in [1.29, 1.82) is 0 Å². The highest BCUT2D eigenvalue weighted by atomic mass is 16.5. The Morgan fingerprint density at radius 1 is 1.21 bits per heavy atom. The van der Waals surface area contributed by atoms with Gasteiger partial charge < -0.3 is 15.2 Å². The predicted octanol–water partition coefficient (Wildman–Crippen LogP) is 3.01. The third kappa shape index (κ3) is 3.21. The van der Waals surface area contributed by atoms with Gasteiger partial charge in [0.05, 0.1) is 14.2 Å². The average molecular weight is 263 g/mol. The molecule has 0 aliphatic heterocycles. The van der Waals surface area contributed by atoms with Crippen LogP contribution in [0.25, 0.3) is 0 Å². The Labute approximate surface area is 116 Å². The van der Waals surface area contributed by atoms with Crippen LogP contribution in [-0.2, 0) is 6.42 Å². The van der Waals surface area contributed by atoms with Crippen molar-refractivity contribution in [2.45, 2.75) is 38.6 Å². The lowest BCUT2D eigenvalue weighted by molar-refractivity contribution is 0.340. The summed E-state index contributed by atoms with van der Waals surface area (Å²) < 4.78 is 10.6. The summed E-state index contributed by atoms with van der Waals surface area (Å²) in [6.45, 7) is 2.33. The van der Waals surface area contributed by atoms with Crippen molar-refractivity contribution in [3.05, 3.63) is 23.8 Å². The van der Waals surface area contributed by atoms with Crippen LogP contribution in [0.4, 0.5) is 0 Å². The summed E-state index contributed by atoms with van der Waals surface area (Å²) in [5.41, 5.74) is 7.62. The zero-order valence-corrected chi connectivity index (χ0v) is 12.2. The van der Waals surface area contributed by atoms with Gasteiger partial charge in [0, 0.05) is 6.04 Å². The zero-order valence-electron chi connectivity index (χ0n) is 12.2. The summed E-state index contributed by atoms with van der Waals surface area (Å²) in [5, 5.41) is 0. The molecule has 0 amide bonds. The standard InChI is InChI=1S/C16H25NO2/c1-11-5-4-6-13(11)14(17)9-12-7-8-15(18-2)16(10-12)19-3/h7-8,10-11,13-14H,4-6,9,17H2,1-3H3. The fourth-order valence-electron chi connectivity index (χ4n) is 3.24. The van der Waals surface area contributed by atoms with Gasteiger partial charge in [0.2, 0.25) is 0 Å². The number of hydrogen-bond donors (Lipinski definition) is 1. The molecule has 3 nitrogen and oxygen atoms in total. The molecule has 3 heteroatoms. The Hall–Kier alpha value is -1.22. The number of ether oxygens (including phenoxy) is 2. The van der Waals surface area contributed by atoms with Gasteiger partial charge in [0.15, 0.2) is 11.5 Å². The first-order valence-electron chi connectivity index (χ1n) is 7.12. The average Bonchev–Trinajstić information content (AvgIpc) is 2.85. The van der Waals surface area contributed by atoms with E-state index in [1.165, 1.54) is 24.8 Å². The predicted molar refractivity (Wildman–Crippen MR) is 77.7 cm³/mol. The highest BCUT2D eigenvalue weighted by Gasteiger charge is 2.28. The van der Waals surface area contributed by atoms with E-state index in [9.17, 15) is 0 Å². The van der Waals surface area contributed by atoms with Gasteiger partial charge >= 0.3 is 0 Å². The van der Waals surface area contributed by atoms with Crippen molar-refractivity contribution in [3.8, 4) is 11.5 Å². The van der Waals surface area contributed by atoms with Crippen LogP contribution < -0.4 is 15.2 Å². The van der Waals surface area contributed by atoms with Crippen LogP contribution in [-0.4, -0.2) is 20.3 Å². The van der Waals surface area contributed by atoms with Crippen molar-refractivity contribution in [2.24, 2.45) is 17.6 Å². The van der Waals surface area contributed by atoms with E-state index >= 15 is 0 Å². The number of nitrogens with two attached hydrogens (primary N) is 1. The van der Waals surface area contributed by atoms with E-state index in [-0.39, 0.29) is 6.04 Å². The smallest absolute Gasteiger partial charge is 0.160 e. The first-order valence-corrected chi connectivity index (χ1v) is 7.12. The maximum Gasteiger partial charge on any atom is 0.160 e.